The Morgan fingerprint density at radius 1 is 1.31 bits per heavy atom. The van der Waals surface area contributed by atoms with E-state index in [1.54, 1.807) is 0 Å². The third kappa shape index (κ3) is 9.70. The monoisotopic (exact) mass is 195 g/mol. The van der Waals surface area contributed by atoms with Gasteiger partial charge in [0, 0.05) is 6.42 Å². The average molecular weight is 195 g/mol. The first-order chi connectivity index (χ1) is 5.81. The van der Waals surface area contributed by atoms with E-state index >= 15 is 0 Å². The molecule has 80 valence electrons. The highest BCUT2D eigenvalue weighted by Crippen LogP contribution is 2.20. The van der Waals surface area contributed by atoms with Crippen molar-refractivity contribution < 1.29 is 13.9 Å². The SMILES string of the molecule is CC(CCN(C)C)CCC(O)(F)F. The van der Waals surface area contributed by atoms with Crippen LogP contribution in [0.1, 0.15) is 26.2 Å². The number of alkyl halides is 2. The molecule has 0 aromatic heterocycles. The van der Waals surface area contributed by atoms with Crippen LogP contribution in [0, 0.1) is 5.92 Å². The van der Waals surface area contributed by atoms with Crippen LogP contribution >= 0.6 is 0 Å². The van der Waals surface area contributed by atoms with E-state index in [9.17, 15) is 8.78 Å². The topological polar surface area (TPSA) is 23.5 Å². The summed E-state index contributed by atoms with van der Waals surface area (Å²) in [6.07, 6.45) is -2.66. The summed E-state index contributed by atoms with van der Waals surface area (Å²) in [6.45, 7) is 2.83. The molecule has 0 rings (SSSR count). The zero-order chi connectivity index (χ0) is 10.5. The summed E-state index contributed by atoms with van der Waals surface area (Å²) >= 11 is 0. The Kier molecular flexibility index (Phi) is 5.40. The number of hydrogen-bond donors (Lipinski definition) is 1. The molecule has 0 aromatic rings. The molecule has 1 unspecified atom stereocenters. The zero-order valence-corrected chi connectivity index (χ0v) is 8.56. The molecule has 0 fully saturated rings. The van der Waals surface area contributed by atoms with Gasteiger partial charge < -0.3 is 10.0 Å². The molecule has 0 saturated heterocycles. The molecular formula is C9H19F2NO. The zero-order valence-electron chi connectivity index (χ0n) is 8.56. The average Bonchev–Trinajstić information content (AvgIpc) is 1.95. The molecule has 4 heteroatoms. The molecular weight excluding hydrogens is 176 g/mol. The first-order valence-electron chi connectivity index (χ1n) is 4.56. The summed E-state index contributed by atoms with van der Waals surface area (Å²) in [5, 5.41) is 8.20. The van der Waals surface area contributed by atoms with Crippen molar-refractivity contribution in [2.24, 2.45) is 5.92 Å². The van der Waals surface area contributed by atoms with E-state index < -0.39 is 12.5 Å². The van der Waals surface area contributed by atoms with Gasteiger partial charge in [-0.05, 0) is 39.4 Å². The van der Waals surface area contributed by atoms with Gasteiger partial charge in [0.2, 0.25) is 0 Å². The van der Waals surface area contributed by atoms with Gasteiger partial charge in [-0.25, -0.2) is 0 Å². The fraction of sp³-hybridized carbons (Fsp3) is 1.00. The molecule has 0 aliphatic rings. The van der Waals surface area contributed by atoms with Gasteiger partial charge in [-0.2, -0.15) is 8.78 Å². The predicted octanol–water partition coefficient (Wildman–Crippen LogP) is 1.94. The van der Waals surface area contributed by atoms with Gasteiger partial charge in [-0.15, -0.1) is 0 Å². The van der Waals surface area contributed by atoms with E-state index in [4.69, 9.17) is 5.11 Å². The summed E-state index contributed by atoms with van der Waals surface area (Å²) in [6, 6.07) is 0. The van der Waals surface area contributed by atoms with E-state index in [1.807, 2.05) is 25.9 Å². The minimum Gasteiger partial charge on any atom is -0.336 e. The maximum atomic E-state index is 12.0. The lowest BCUT2D eigenvalue weighted by Crippen LogP contribution is -2.18. The molecule has 1 atom stereocenters. The molecule has 0 spiro atoms. The number of nitrogens with zero attached hydrogens (tertiary/aromatic N) is 1. The van der Waals surface area contributed by atoms with Crippen LogP contribution in [0.3, 0.4) is 0 Å². The minimum absolute atomic E-state index is 0.237. The predicted molar refractivity (Wildman–Crippen MR) is 48.7 cm³/mol. The smallest absolute Gasteiger partial charge is 0.336 e. The first-order valence-corrected chi connectivity index (χ1v) is 4.56. The van der Waals surface area contributed by atoms with Gasteiger partial charge in [0.1, 0.15) is 0 Å². The summed E-state index contributed by atoms with van der Waals surface area (Å²) in [4.78, 5) is 2.02. The van der Waals surface area contributed by atoms with Crippen molar-refractivity contribution in [1.29, 1.82) is 0 Å². The van der Waals surface area contributed by atoms with Crippen LogP contribution in [0.2, 0.25) is 0 Å². The van der Waals surface area contributed by atoms with Gasteiger partial charge in [0.05, 0.1) is 0 Å². The fourth-order valence-corrected chi connectivity index (χ4v) is 1.04. The number of rotatable bonds is 6. The lowest BCUT2D eigenvalue weighted by Gasteiger charge is -2.16. The molecule has 1 N–H and O–H groups in total. The molecule has 0 aliphatic carbocycles. The molecule has 0 saturated carbocycles. The Bertz CT molecular complexity index is 134. The summed E-state index contributed by atoms with van der Waals surface area (Å²) in [7, 11) is 3.90. The number of aliphatic hydroxyl groups is 1. The van der Waals surface area contributed by atoms with Crippen LogP contribution in [-0.2, 0) is 0 Å². The Labute approximate surface area is 78.5 Å². The third-order valence-corrected chi connectivity index (χ3v) is 2.01. The molecule has 0 aromatic carbocycles. The largest absolute Gasteiger partial charge is 0.353 e. The number of halogens is 2. The van der Waals surface area contributed by atoms with Crippen LogP contribution in [0.5, 0.6) is 0 Å². The van der Waals surface area contributed by atoms with Crippen LogP contribution in [0.4, 0.5) is 8.78 Å². The molecule has 0 amide bonds. The van der Waals surface area contributed by atoms with Crippen molar-refractivity contribution in [1.82, 2.24) is 4.90 Å². The van der Waals surface area contributed by atoms with E-state index in [0.29, 0.717) is 6.42 Å². The lowest BCUT2D eigenvalue weighted by molar-refractivity contribution is -0.205. The van der Waals surface area contributed by atoms with E-state index in [1.165, 1.54) is 0 Å². The second-order valence-corrected chi connectivity index (χ2v) is 3.90. The van der Waals surface area contributed by atoms with Crippen molar-refractivity contribution in [3.8, 4) is 0 Å². The van der Waals surface area contributed by atoms with Crippen molar-refractivity contribution in [3.63, 3.8) is 0 Å². The van der Waals surface area contributed by atoms with Gasteiger partial charge in [0.15, 0.2) is 0 Å². The standard InChI is InChI=1S/C9H19F2NO/c1-8(5-7-12(2)3)4-6-9(10,11)13/h8,13H,4-7H2,1-3H3. The van der Waals surface area contributed by atoms with Gasteiger partial charge >= 0.3 is 6.11 Å². The highest BCUT2D eigenvalue weighted by Gasteiger charge is 2.24. The summed E-state index contributed by atoms with van der Waals surface area (Å²) < 4.78 is 24.1. The maximum absolute atomic E-state index is 12.0. The van der Waals surface area contributed by atoms with Gasteiger partial charge in [0.25, 0.3) is 0 Å². The van der Waals surface area contributed by atoms with Crippen LogP contribution < -0.4 is 0 Å². The highest BCUT2D eigenvalue weighted by molar-refractivity contribution is 4.59. The first kappa shape index (κ1) is 12.8. The summed E-state index contributed by atoms with van der Waals surface area (Å²) in [5.74, 6) is 0.237. The molecule has 13 heavy (non-hydrogen) atoms. The molecule has 0 aliphatic heterocycles. The van der Waals surface area contributed by atoms with E-state index in [2.05, 4.69) is 0 Å². The molecule has 0 radical (unpaired) electrons. The highest BCUT2D eigenvalue weighted by atomic mass is 19.3. The van der Waals surface area contributed by atoms with Crippen LogP contribution in [0.15, 0.2) is 0 Å². The van der Waals surface area contributed by atoms with Crippen molar-refractivity contribution in [3.05, 3.63) is 0 Å². The molecule has 0 bridgehead atoms. The van der Waals surface area contributed by atoms with E-state index in [0.717, 1.165) is 13.0 Å². The lowest BCUT2D eigenvalue weighted by atomic mass is 10.0. The van der Waals surface area contributed by atoms with Crippen molar-refractivity contribution >= 4 is 0 Å². The third-order valence-electron chi connectivity index (χ3n) is 2.01. The summed E-state index contributed by atoms with van der Waals surface area (Å²) in [5.41, 5.74) is 0. The second-order valence-electron chi connectivity index (χ2n) is 3.90. The fourth-order valence-electron chi connectivity index (χ4n) is 1.04. The van der Waals surface area contributed by atoms with Gasteiger partial charge in [-0.1, -0.05) is 6.92 Å². The van der Waals surface area contributed by atoms with Crippen LogP contribution in [-0.4, -0.2) is 36.8 Å². The van der Waals surface area contributed by atoms with E-state index in [-0.39, 0.29) is 5.92 Å². The Balaban J connectivity index is 3.46. The van der Waals surface area contributed by atoms with Gasteiger partial charge in [-0.3, -0.25) is 0 Å². The van der Waals surface area contributed by atoms with Crippen molar-refractivity contribution in [2.75, 3.05) is 20.6 Å². The maximum Gasteiger partial charge on any atom is 0.353 e. The Morgan fingerprint density at radius 3 is 2.23 bits per heavy atom. The Morgan fingerprint density at radius 2 is 1.85 bits per heavy atom. The molecule has 0 heterocycles. The normalized spacial score (nSPS) is 15.0. The van der Waals surface area contributed by atoms with Crippen molar-refractivity contribution in [2.45, 2.75) is 32.3 Å². The minimum atomic E-state index is -3.49. The quantitative estimate of drug-likeness (QED) is 0.700. The number of hydrogen-bond acceptors (Lipinski definition) is 2. The van der Waals surface area contributed by atoms with Crippen LogP contribution in [0.25, 0.3) is 0 Å². The second kappa shape index (κ2) is 5.50. The molecule has 2 nitrogen and oxygen atoms in total. The Hall–Kier alpha value is -0.220.